The number of unbranched alkanes of at least 4 members (excludes halogenated alkanes) is 1. The van der Waals surface area contributed by atoms with E-state index >= 15 is 0 Å². The van der Waals surface area contributed by atoms with E-state index in [1.165, 1.54) is 45.1 Å². The van der Waals surface area contributed by atoms with Crippen LogP contribution in [0, 0.1) is 40.4 Å². The molecule has 0 aliphatic heterocycles. The lowest BCUT2D eigenvalue weighted by molar-refractivity contribution is -0.218. The van der Waals surface area contributed by atoms with Gasteiger partial charge in [0.2, 0.25) is 0 Å². The molecule has 8 fully saturated rings. The molecule has 8 aliphatic carbocycles. The second-order valence-electron chi connectivity index (χ2n) is 15.4. The summed E-state index contributed by atoms with van der Waals surface area (Å²) in [6.07, 6.45) is 25.6. The molecule has 8 saturated carbocycles. The Bertz CT molecular complexity index is 695. The van der Waals surface area contributed by atoms with E-state index in [1.54, 1.807) is 70.6 Å². The molecule has 0 aromatic rings. The minimum atomic E-state index is 0.524. The summed E-state index contributed by atoms with van der Waals surface area (Å²) >= 11 is 0. The summed E-state index contributed by atoms with van der Waals surface area (Å²) in [5.74, 6) is 4.96. The Morgan fingerprint density at radius 1 is 0.818 bits per heavy atom. The lowest BCUT2D eigenvalue weighted by atomic mass is 9.40. The molecule has 8 bridgehead atoms. The van der Waals surface area contributed by atoms with Crippen molar-refractivity contribution in [1.29, 1.82) is 0 Å². The molecular weight excluding hydrogens is 400 g/mol. The summed E-state index contributed by atoms with van der Waals surface area (Å²) in [5, 5.41) is 0. The maximum atomic E-state index is 6.00. The van der Waals surface area contributed by atoms with Crippen LogP contribution in [0.2, 0.25) is 0 Å². The summed E-state index contributed by atoms with van der Waals surface area (Å²) in [5.41, 5.74) is 8.38. The Morgan fingerprint density at radius 3 is 2.09 bits per heavy atom. The third-order valence-electron chi connectivity index (χ3n) is 12.2. The summed E-state index contributed by atoms with van der Waals surface area (Å²) in [4.78, 5) is 3.35. The molecule has 2 heteroatoms. The van der Waals surface area contributed by atoms with Crippen molar-refractivity contribution >= 4 is 0 Å². The first-order valence-electron chi connectivity index (χ1n) is 15.3. The smallest absolute Gasteiger partial charge is 0.0228 e. The SMILES string of the molecule is CCCCC12CC3CC(C)(C1)CC(N(CCC(C)CCN)C14CC5CC(CC(C5)C1)C4)(C3)C2. The number of hydrogen-bond acceptors (Lipinski definition) is 2. The van der Waals surface area contributed by atoms with Crippen LogP contribution in [-0.4, -0.2) is 29.1 Å². The summed E-state index contributed by atoms with van der Waals surface area (Å²) in [7, 11) is 0. The van der Waals surface area contributed by atoms with E-state index in [9.17, 15) is 0 Å². The first-order valence-corrected chi connectivity index (χ1v) is 15.3. The molecule has 33 heavy (non-hydrogen) atoms. The molecular formula is C31H54N2. The average Bonchev–Trinajstić information content (AvgIpc) is 2.69. The van der Waals surface area contributed by atoms with E-state index in [1.807, 2.05) is 0 Å². The quantitative estimate of drug-likeness (QED) is 0.369. The number of hydrogen-bond donors (Lipinski definition) is 1. The van der Waals surface area contributed by atoms with Crippen LogP contribution in [0.4, 0.5) is 0 Å². The Kier molecular flexibility index (Phi) is 5.81. The first-order chi connectivity index (χ1) is 15.8. The van der Waals surface area contributed by atoms with Gasteiger partial charge >= 0.3 is 0 Å². The molecule has 188 valence electrons. The average molecular weight is 455 g/mol. The first kappa shape index (κ1) is 23.3. The lowest BCUT2D eigenvalue weighted by Crippen LogP contribution is -2.73. The standard InChI is InChI=1S/C31H54N2/c1-4-5-8-29-15-27-14-28(3,20-29)21-31(19-27,22-29)33(10-7-23(2)6-9-32)30-16-24-11-25(17-30)13-26(12-24)18-30/h23-27H,4-22,32H2,1-3H3. The van der Waals surface area contributed by atoms with Crippen LogP contribution in [-0.2, 0) is 0 Å². The van der Waals surface area contributed by atoms with Crippen LogP contribution in [0.5, 0.6) is 0 Å². The van der Waals surface area contributed by atoms with Crippen molar-refractivity contribution in [3.8, 4) is 0 Å². The summed E-state index contributed by atoms with van der Waals surface area (Å²) < 4.78 is 0. The van der Waals surface area contributed by atoms with Gasteiger partial charge in [0.25, 0.3) is 0 Å². The zero-order chi connectivity index (χ0) is 22.9. The molecule has 8 aliphatic rings. The van der Waals surface area contributed by atoms with Crippen LogP contribution in [0.25, 0.3) is 0 Å². The van der Waals surface area contributed by atoms with E-state index in [-0.39, 0.29) is 0 Å². The van der Waals surface area contributed by atoms with Crippen molar-refractivity contribution in [3.05, 3.63) is 0 Å². The second kappa shape index (κ2) is 8.22. The molecule has 0 heterocycles. The zero-order valence-electron chi connectivity index (χ0n) is 22.3. The molecule has 0 radical (unpaired) electrons. The molecule has 5 unspecified atom stereocenters. The van der Waals surface area contributed by atoms with E-state index in [4.69, 9.17) is 5.73 Å². The third-order valence-corrected chi connectivity index (χ3v) is 12.2. The molecule has 0 spiro atoms. The van der Waals surface area contributed by atoms with Gasteiger partial charge in [-0.1, -0.05) is 33.6 Å². The fourth-order valence-corrected chi connectivity index (χ4v) is 12.4. The van der Waals surface area contributed by atoms with Gasteiger partial charge in [0, 0.05) is 11.1 Å². The highest BCUT2D eigenvalue weighted by molar-refractivity contribution is 5.20. The van der Waals surface area contributed by atoms with Gasteiger partial charge in [0.1, 0.15) is 0 Å². The Balaban J connectivity index is 1.36. The molecule has 0 amide bonds. The van der Waals surface area contributed by atoms with Crippen molar-refractivity contribution in [2.24, 2.45) is 46.2 Å². The normalized spacial score (nSPS) is 50.5. The van der Waals surface area contributed by atoms with Crippen molar-refractivity contribution in [2.45, 2.75) is 141 Å². The predicted molar refractivity (Wildman–Crippen MR) is 139 cm³/mol. The van der Waals surface area contributed by atoms with Gasteiger partial charge in [-0.3, -0.25) is 4.90 Å². The van der Waals surface area contributed by atoms with Crippen molar-refractivity contribution in [3.63, 3.8) is 0 Å². The molecule has 2 nitrogen and oxygen atoms in total. The maximum absolute atomic E-state index is 6.00. The van der Waals surface area contributed by atoms with Crippen LogP contribution >= 0.6 is 0 Å². The number of rotatable bonds is 10. The van der Waals surface area contributed by atoms with Gasteiger partial charge < -0.3 is 5.73 Å². The lowest BCUT2D eigenvalue weighted by Gasteiger charge is -2.73. The van der Waals surface area contributed by atoms with Gasteiger partial charge in [-0.15, -0.1) is 0 Å². The molecule has 0 saturated heterocycles. The van der Waals surface area contributed by atoms with E-state index in [2.05, 4.69) is 25.7 Å². The van der Waals surface area contributed by atoms with Crippen molar-refractivity contribution in [1.82, 2.24) is 4.90 Å². The van der Waals surface area contributed by atoms with Gasteiger partial charge in [0.05, 0.1) is 0 Å². The maximum Gasteiger partial charge on any atom is 0.0228 e. The fraction of sp³-hybridized carbons (Fsp3) is 1.00. The van der Waals surface area contributed by atoms with Crippen LogP contribution in [0.15, 0.2) is 0 Å². The monoisotopic (exact) mass is 454 g/mol. The van der Waals surface area contributed by atoms with Crippen LogP contribution < -0.4 is 5.73 Å². The van der Waals surface area contributed by atoms with Gasteiger partial charge in [-0.05, 0) is 150 Å². The predicted octanol–water partition coefficient (Wildman–Crippen LogP) is 7.55. The van der Waals surface area contributed by atoms with Gasteiger partial charge in [-0.25, -0.2) is 0 Å². The molecule has 0 aromatic heterocycles. The zero-order valence-corrected chi connectivity index (χ0v) is 22.3. The fourth-order valence-electron chi connectivity index (χ4n) is 12.4. The van der Waals surface area contributed by atoms with Gasteiger partial charge in [0.15, 0.2) is 0 Å². The highest BCUT2D eigenvalue weighted by Gasteiger charge is 2.66. The van der Waals surface area contributed by atoms with E-state index in [0.717, 1.165) is 36.1 Å². The molecule has 2 N–H and O–H groups in total. The van der Waals surface area contributed by atoms with E-state index < -0.39 is 0 Å². The summed E-state index contributed by atoms with van der Waals surface area (Å²) in [6.45, 7) is 9.86. The van der Waals surface area contributed by atoms with Crippen molar-refractivity contribution in [2.75, 3.05) is 13.1 Å². The third kappa shape index (κ3) is 3.96. The summed E-state index contributed by atoms with van der Waals surface area (Å²) in [6, 6.07) is 0. The molecule has 8 rings (SSSR count). The minimum absolute atomic E-state index is 0.524. The Labute approximate surface area is 205 Å². The number of nitrogens with zero attached hydrogens (tertiary/aromatic N) is 1. The van der Waals surface area contributed by atoms with Crippen LogP contribution in [0.3, 0.4) is 0 Å². The minimum Gasteiger partial charge on any atom is -0.330 e. The Hall–Kier alpha value is -0.0800. The molecule has 5 atom stereocenters. The second-order valence-corrected chi connectivity index (χ2v) is 15.4. The topological polar surface area (TPSA) is 29.3 Å². The highest BCUT2D eigenvalue weighted by Crippen LogP contribution is 2.71. The molecule has 0 aromatic carbocycles. The van der Waals surface area contributed by atoms with Crippen molar-refractivity contribution < 1.29 is 0 Å². The van der Waals surface area contributed by atoms with Gasteiger partial charge in [-0.2, -0.15) is 0 Å². The number of nitrogens with two attached hydrogens (primary N) is 1. The van der Waals surface area contributed by atoms with E-state index in [0.29, 0.717) is 21.9 Å². The highest BCUT2D eigenvalue weighted by atomic mass is 15.3. The largest absolute Gasteiger partial charge is 0.330 e. The Morgan fingerprint density at radius 2 is 1.48 bits per heavy atom. The van der Waals surface area contributed by atoms with Crippen LogP contribution in [0.1, 0.15) is 130 Å².